The number of benzene rings is 1. The molecule has 0 aliphatic rings. The fourth-order valence-electron chi connectivity index (χ4n) is 2.10. The maximum atomic E-state index is 12.6. The highest BCUT2D eigenvalue weighted by Gasteiger charge is 2.30. The molecule has 24 heavy (non-hydrogen) atoms. The summed E-state index contributed by atoms with van der Waals surface area (Å²) in [6.45, 7) is 5.08. The lowest BCUT2D eigenvalue weighted by Gasteiger charge is -2.24. The predicted octanol–water partition coefficient (Wildman–Crippen LogP) is 4.07. The van der Waals surface area contributed by atoms with Crippen LogP contribution in [0.25, 0.3) is 0 Å². The standard InChI is InChI=1S/C17H21F3O4/c1-16(2,3)24-15(23)12(6-9-14(21)22)10-11-4-7-13(8-5-11)17(18,19)20/h4-5,7-8,12H,6,9-10H2,1-3H3,(H,21,22)/t12-/m1/s1. The molecule has 0 bridgehead atoms. The van der Waals surface area contributed by atoms with E-state index in [-0.39, 0.29) is 19.3 Å². The van der Waals surface area contributed by atoms with Crippen LogP contribution in [0.15, 0.2) is 24.3 Å². The van der Waals surface area contributed by atoms with E-state index in [4.69, 9.17) is 9.84 Å². The van der Waals surface area contributed by atoms with Crippen molar-refractivity contribution in [3.63, 3.8) is 0 Å². The van der Waals surface area contributed by atoms with E-state index < -0.39 is 35.2 Å². The predicted molar refractivity (Wildman–Crippen MR) is 81.4 cm³/mol. The highest BCUT2D eigenvalue weighted by atomic mass is 19.4. The maximum Gasteiger partial charge on any atom is 0.416 e. The lowest BCUT2D eigenvalue weighted by Crippen LogP contribution is -2.30. The lowest BCUT2D eigenvalue weighted by atomic mass is 9.94. The Bertz CT molecular complexity index is 571. The molecule has 1 aromatic rings. The first-order valence-electron chi connectivity index (χ1n) is 7.49. The average Bonchev–Trinajstić information content (AvgIpc) is 2.40. The van der Waals surface area contributed by atoms with E-state index in [0.717, 1.165) is 12.1 Å². The Kier molecular flexibility index (Phi) is 6.40. The Balaban J connectivity index is 2.87. The number of carbonyl (C=O) groups is 2. The van der Waals surface area contributed by atoms with Crippen LogP contribution in [0.5, 0.6) is 0 Å². The van der Waals surface area contributed by atoms with Crippen molar-refractivity contribution in [3.05, 3.63) is 35.4 Å². The number of hydrogen-bond donors (Lipinski definition) is 1. The van der Waals surface area contributed by atoms with Gasteiger partial charge < -0.3 is 9.84 Å². The van der Waals surface area contributed by atoms with E-state index in [1.807, 2.05) is 0 Å². The molecule has 1 aromatic carbocycles. The summed E-state index contributed by atoms with van der Waals surface area (Å²) in [5.74, 6) is -2.32. The Morgan fingerprint density at radius 2 is 1.67 bits per heavy atom. The van der Waals surface area contributed by atoms with Gasteiger partial charge in [-0.2, -0.15) is 13.2 Å². The van der Waals surface area contributed by atoms with Gasteiger partial charge in [-0.3, -0.25) is 9.59 Å². The summed E-state index contributed by atoms with van der Waals surface area (Å²) in [5.41, 5.74) is -0.978. The number of esters is 1. The average molecular weight is 346 g/mol. The molecule has 0 spiro atoms. The van der Waals surface area contributed by atoms with Gasteiger partial charge in [-0.25, -0.2) is 0 Å². The molecule has 1 atom stereocenters. The fraction of sp³-hybridized carbons (Fsp3) is 0.529. The Labute approximate surface area is 138 Å². The van der Waals surface area contributed by atoms with Gasteiger partial charge in [0.15, 0.2) is 0 Å². The van der Waals surface area contributed by atoms with Crippen LogP contribution in [0.1, 0.15) is 44.7 Å². The summed E-state index contributed by atoms with van der Waals surface area (Å²) in [5, 5.41) is 8.79. The zero-order valence-electron chi connectivity index (χ0n) is 13.8. The highest BCUT2D eigenvalue weighted by Crippen LogP contribution is 2.29. The first-order valence-corrected chi connectivity index (χ1v) is 7.49. The van der Waals surface area contributed by atoms with Crippen molar-refractivity contribution < 1.29 is 32.6 Å². The maximum absolute atomic E-state index is 12.6. The smallest absolute Gasteiger partial charge is 0.416 e. The summed E-state index contributed by atoms with van der Waals surface area (Å²) in [6.07, 6.45) is -4.46. The van der Waals surface area contributed by atoms with Gasteiger partial charge in [0, 0.05) is 6.42 Å². The summed E-state index contributed by atoms with van der Waals surface area (Å²) in [4.78, 5) is 22.9. The molecule has 134 valence electrons. The van der Waals surface area contributed by atoms with Crippen molar-refractivity contribution in [1.29, 1.82) is 0 Å². The molecule has 0 radical (unpaired) electrons. The van der Waals surface area contributed by atoms with Gasteiger partial charge in [0.2, 0.25) is 0 Å². The van der Waals surface area contributed by atoms with Gasteiger partial charge >= 0.3 is 18.1 Å². The summed E-state index contributed by atoms with van der Waals surface area (Å²) in [6, 6.07) is 4.47. The number of aliphatic carboxylic acids is 1. The quantitative estimate of drug-likeness (QED) is 0.789. The van der Waals surface area contributed by atoms with Crippen LogP contribution in [0.2, 0.25) is 0 Å². The van der Waals surface area contributed by atoms with Crippen LogP contribution in [0, 0.1) is 5.92 Å². The number of carboxylic acids is 1. The Morgan fingerprint density at radius 1 is 1.12 bits per heavy atom. The highest BCUT2D eigenvalue weighted by molar-refractivity contribution is 5.74. The Morgan fingerprint density at radius 3 is 2.08 bits per heavy atom. The van der Waals surface area contributed by atoms with Gasteiger partial charge in [-0.05, 0) is 51.3 Å². The van der Waals surface area contributed by atoms with Crippen LogP contribution in [-0.2, 0) is 26.9 Å². The van der Waals surface area contributed by atoms with E-state index in [9.17, 15) is 22.8 Å². The third-order valence-corrected chi connectivity index (χ3v) is 3.21. The number of alkyl halides is 3. The number of halogens is 3. The molecular weight excluding hydrogens is 325 g/mol. The SMILES string of the molecule is CC(C)(C)OC(=O)[C@H](CCC(=O)O)Cc1ccc(C(F)(F)F)cc1. The topological polar surface area (TPSA) is 63.6 Å². The molecule has 0 saturated carbocycles. The summed E-state index contributed by atoms with van der Waals surface area (Å²) >= 11 is 0. The zero-order chi connectivity index (χ0) is 18.5. The normalized spacial score (nSPS) is 13.4. The first kappa shape index (κ1) is 20.0. The lowest BCUT2D eigenvalue weighted by molar-refractivity contribution is -0.160. The summed E-state index contributed by atoms with van der Waals surface area (Å²) < 4.78 is 43.0. The molecule has 0 unspecified atom stereocenters. The minimum atomic E-state index is -4.42. The van der Waals surface area contributed by atoms with Gasteiger partial charge in [-0.15, -0.1) is 0 Å². The molecule has 0 aliphatic carbocycles. The van der Waals surface area contributed by atoms with E-state index in [2.05, 4.69) is 0 Å². The number of carbonyl (C=O) groups excluding carboxylic acids is 1. The van der Waals surface area contributed by atoms with E-state index in [1.165, 1.54) is 12.1 Å². The molecule has 0 heterocycles. The number of ether oxygens (including phenoxy) is 1. The number of hydrogen-bond acceptors (Lipinski definition) is 3. The molecule has 1 N–H and O–H groups in total. The first-order chi connectivity index (χ1) is 10.9. The van der Waals surface area contributed by atoms with Crippen LogP contribution >= 0.6 is 0 Å². The molecular formula is C17H21F3O4. The van der Waals surface area contributed by atoms with Crippen LogP contribution in [-0.4, -0.2) is 22.6 Å². The Hall–Kier alpha value is -2.05. The molecule has 4 nitrogen and oxygen atoms in total. The van der Waals surface area contributed by atoms with E-state index in [1.54, 1.807) is 20.8 Å². The second kappa shape index (κ2) is 7.68. The molecule has 0 aliphatic heterocycles. The molecule has 0 fully saturated rings. The molecule has 0 saturated heterocycles. The van der Waals surface area contributed by atoms with Crippen molar-refractivity contribution >= 4 is 11.9 Å². The van der Waals surface area contributed by atoms with Crippen molar-refractivity contribution in [2.24, 2.45) is 5.92 Å². The summed E-state index contributed by atoms with van der Waals surface area (Å²) in [7, 11) is 0. The largest absolute Gasteiger partial charge is 0.481 e. The zero-order valence-corrected chi connectivity index (χ0v) is 13.8. The second-order valence-corrected chi connectivity index (χ2v) is 6.56. The van der Waals surface area contributed by atoms with Gasteiger partial charge in [-0.1, -0.05) is 12.1 Å². The number of carboxylic acid groups (broad SMARTS) is 1. The number of rotatable bonds is 6. The molecule has 1 rings (SSSR count). The van der Waals surface area contributed by atoms with Crippen molar-refractivity contribution in [2.45, 2.75) is 51.8 Å². The molecule has 0 amide bonds. The van der Waals surface area contributed by atoms with Crippen molar-refractivity contribution in [3.8, 4) is 0 Å². The second-order valence-electron chi connectivity index (χ2n) is 6.56. The van der Waals surface area contributed by atoms with Crippen molar-refractivity contribution in [2.75, 3.05) is 0 Å². The van der Waals surface area contributed by atoms with Crippen LogP contribution < -0.4 is 0 Å². The molecule has 0 aromatic heterocycles. The van der Waals surface area contributed by atoms with Crippen LogP contribution in [0.3, 0.4) is 0 Å². The van der Waals surface area contributed by atoms with Crippen LogP contribution in [0.4, 0.5) is 13.2 Å². The fourth-order valence-corrected chi connectivity index (χ4v) is 2.10. The van der Waals surface area contributed by atoms with Gasteiger partial charge in [0.1, 0.15) is 5.60 Å². The van der Waals surface area contributed by atoms with E-state index in [0.29, 0.717) is 5.56 Å². The minimum absolute atomic E-state index is 0.0608. The monoisotopic (exact) mass is 346 g/mol. The van der Waals surface area contributed by atoms with Crippen molar-refractivity contribution in [1.82, 2.24) is 0 Å². The van der Waals surface area contributed by atoms with Gasteiger partial charge in [0.25, 0.3) is 0 Å². The third-order valence-electron chi connectivity index (χ3n) is 3.21. The van der Waals surface area contributed by atoms with E-state index >= 15 is 0 Å². The molecule has 7 heteroatoms. The third kappa shape index (κ3) is 7.02. The minimum Gasteiger partial charge on any atom is -0.481 e. The van der Waals surface area contributed by atoms with Gasteiger partial charge in [0.05, 0.1) is 11.5 Å².